The lowest BCUT2D eigenvalue weighted by Gasteiger charge is -2.08. The Labute approximate surface area is 111 Å². The van der Waals surface area contributed by atoms with Crippen molar-refractivity contribution in [1.82, 2.24) is 15.8 Å². The molecule has 0 radical (unpaired) electrons. The van der Waals surface area contributed by atoms with E-state index in [2.05, 4.69) is 21.2 Å². The molecule has 0 fully saturated rings. The molecule has 1 aromatic carbocycles. The topological polar surface area (TPSA) is 92.5 Å². The van der Waals surface area contributed by atoms with Crippen LogP contribution in [0.2, 0.25) is 0 Å². The number of amides is 2. The van der Waals surface area contributed by atoms with Crippen LogP contribution in [0.15, 0.2) is 23.2 Å². The Bertz CT molecular complexity index is 517. The Morgan fingerprint density at radius 2 is 2.21 bits per heavy atom. The molecule has 0 bridgehead atoms. The minimum atomic E-state index is -0.407. The molecule has 1 rings (SSSR count). The van der Waals surface area contributed by atoms with Crippen LogP contribution >= 0.6 is 0 Å². The van der Waals surface area contributed by atoms with E-state index in [1.165, 1.54) is 0 Å². The van der Waals surface area contributed by atoms with Gasteiger partial charge in [0, 0.05) is 26.8 Å². The zero-order chi connectivity index (χ0) is 14.3. The number of nitriles is 1. The summed E-state index contributed by atoms with van der Waals surface area (Å²) < 4.78 is 0. The first-order chi connectivity index (χ1) is 9.06. The summed E-state index contributed by atoms with van der Waals surface area (Å²) in [6, 6.07) is 6.56. The summed E-state index contributed by atoms with van der Waals surface area (Å²) in [5.41, 5.74) is 6.33. The normalized spacial score (nSPS) is 10.0. The fourth-order valence-electron chi connectivity index (χ4n) is 1.27. The van der Waals surface area contributed by atoms with Gasteiger partial charge in [-0.15, -0.1) is 0 Å². The molecular formula is C12H16N6O. The first-order valence-corrected chi connectivity index (χ1v) is 5.55. The average Bonchev–Trinajstić information content (AvgIpc) is 2.37. The second-order valence-electron chi connectivity index (χ2n) is 3.88. The number of rotatable bonds is 4. The lowest BCUT2D eigenvalue weighted by atomic mass is 10.2. The number of carbonyl (C=O) groups is 1. The maximum Gasteiger partial charge on any atom is 0.333 e. The van der Waals surface area contributed by atoms with E-state index >= 15 is 0 Å². The number of benzene rings is 1. The van der Waals surface area contributed by atoms with Crippen LogP contribution in [0, 0.1) is 11.3 Å². The van der Waals surface area contributed by atoms with Crippen LogP contribution < -0.4 is 16.2 Å². The number of hydrazine groups is 1. The number of anilines is 1. The van der Waals surface area contributed by atoms with Crippen molar-refractivity contribution in [1.29, 1.82) is 5.26 Å². The number of hydrogen-bond acceptors (Lipinski definition) is 4. The highest BCUT2D eigenvalue weighted by atomic mass is 16.2. The molecule has 100 valence electrons. The van der Waals surface area contributed by atoms with Gasteiger partial charge >= 0.3 is 6.03 Å². The fraction of sp³-hybridized carbons (Fsp3) is 0.250. The highest BCUT2D eigenvalue weighted by Gasteiger charge is 2.05. The van der Waals surface area contributed by atoms with E-state index in [4.69, 9.17) is 5.26 Å². The molecule has 0 saturated carbocycles. The van der Waals surface area contributed by atoms with Crippen molar-refractivity contribution >= 4 is 23.7 Å². The van der Waals surface area contributed by atoms with Crippen molar-refractivity contribution in [2.24, 2.45) is 4.99 Å². The zero-order valence-electron chi connectivity index (χ0n) is 11.1. The van der Waals surface area contributed by atoms with Gasteiger partial charge < -0.3 is 10.2 Å². The number of carbonyl (C=O) groups excluding carboxylic acids is 1. The molecule has 0 atom stereocenters. The van der Waals surface area contributed by atoms with Crippen LogP contribution in [0.4, 0.5) is 16.2 Å². The number of hydrogen-bond donors (Lipinski definition) is 3. The molecule has 0 unspecified atom stereocenters. The smallest absolute Gasteiger partial charge is 0.333 e. The van der Waals surface area contributed by atoms with E-state index in [0.29, 0.717) is 16.9 Å². The van der Waals surface area contributed by atoms with Crippen LogP contribution in [0.25, 0.3) is 0 Å². The SMILES string of the molecule is CNNC(=O)Nc1ccc(N=CN(C)C)c(C#N)c1. The van der Waals surface area contributed by atoms with Gasteiger partial charge in [-0.1, -0.05) is 0 Å². The molecule has 19 heavy (non-hydrogen) atoms. The van der Waals surface area contributed by atoms with Crippen LogP contribution in [-0.4, -0.2) is 38.4 Å². The van der Waals surface area contributed by atoms with Gasteiger partial charge in [0.25, 0.3) is 0 Å². The first kappa shape index (κ1) is 14.5. The van der Waals surface area contributed by atoms with Crippen LogP contribution in [-0.2, 0) is 0 Å². The van der Waals surface area contributed by atoms with Crippen LogP contribution in [0.5, 0.6) is 0 Å². The molecule has 0 aliphatic heterocycles. The molecule has 2 amide bonds. The molecule has 0 aromatic heterocycles. The van der Waals surface area contributed by atoms with Gasteiger partial charge in [0.2, 0.25) is 0 Å². The predicted octanol–water partition coefficient (Wildman–Crippen LogP) is 1.04. The maximum absolute atomic E-state index is 11.3. The third kappa shape index (κ3) is 4.65. The second-order valence-corrected chi connectivity index (χ2v) is 3.88. The summed E-state index contributed by atoms with van der Waals surface area (Å²) in [5, 5.41) is 11.7. The molecule has 7 nitrogen and oxygen atoms in total. The minimum absolute atomic E-state index is 0.389. The third-order valence-electron chi connectivity index (χ3n) is 2.04. The largest absolute Gasteiger partial charge is 0.369 e. The number of aliphatic imine (C=N–C) groups is 1. The van der Waals surface area contributed by atoms with Gasteiger partial charge in [-0.05, 0) is 18.2 Å². The summed E-state index contributed by atoms with van der Waals surface area (Å²) in [5.74, 6) is 0. The molecule has 1 aromatic rings. The zero-order valence-corrected chi connectivity index (χ0v) is 11.1. The fourth-order valence-corrected chi connectivity index (χ4v) is 1.27. The molecule has 0 spiro atoms. The van der Waals surface area contributed by atoms with E-state index in [-0.39, 0.29) is 0 Å². The monoisotopic (exact) mass is 260 g/mol. The Morgan fingerprint density at radius 3 is 2.79 bits per heavy atom. The quantitative estimate of drug-likeness (QED) is 0.428. The summed E-state index contributed by atoms with van der Waals surface area (Å²) in [6.45, 7) is 0. The Hall–Kier alpha value is -2.59. The van der Waals surface area contributed by atoms with Gasteiger partial charge in [0.05, 0.1) is 17.6 Å². The minimum Gasteiger partial charge on any atom is -0.369 e. The molecule has 0 saturated heterocycles. The molecule has 0 heterocycles. The van der Waals surface area contributed by atoms with Crippen LogP contribution in [0.3, 0.4) is 0 Å². The Morgan fingerprint density at radius 1 is 1.47 bits per heavy atom. The second kappa shape index (κ2) is 6.98. The van der Waals surface area contributed by atoms with Crippen molar-refractivity contribution in [2.45, 2.75) is 0 Å². The highest BCUT2D eigenvalue weighted by Crippen LogP contribution is 2.22. The molecule has 7 heteroatoms. The van der Waals surface area contributed by atoms with Crippen molar-refractivity contribution in [3.63, 3.8) is 0 Å². The van der Waals surface area contributed by atoms with E-state index in [9.17, 15) is 4.79 Å². The standard InChI is InChI=1S/C12H16N6O/c1-14-17-12(19)16-10-4-5-11(9(6-10)7-13)15-8-18(2)3/h4-6,8,14H,1-3H3,(H2,16,17,19). The van der Waals surface area contributed by atoms with Gasteiger partial charge in [0.15, 0.2) is 0 Å². The molecular weight excluding hydrogens is 244 g/mol. The predicted molar refractivity (Wildman–Crippen MR) is 74.2 cm³/mol. The van der Waals surface area contributed by atoms with E-state index in [0.717, 1.165) is 0 Å². The third-order valence-corrected chi connectivity index (χ3v) is 2.04. The number of nitrogens with zero attached hydrogens (tertiary/aromatic N) is 3. The number of urea groups is 1. The summed E-state index contributed by atoms with van der Waals surface area (Å²) in [4.78, 5) is 17.3. The molecule has 0 aliphatic rings. The van der Waals surface area contributed by atoms with Gasteiger partial charge in [-0.25, -0.2) is 15.2 Å². The van der Waals surface area contributed by atoms with Crippen LogP contribution in [0.1, 0.15) is 5.56 Å². The van der Waals surface area contributed by atoms with Crippen molar-refractivity contribution in [3.8, 4) is 6.07 Å². The van der Waals surface area contributed by atoms with E-state index in [1.807, 2.05) is 20.2 Å². The first-order valence-electron chi connectivity index (χ1n) is 5.55. The lowest BCUT2D eigenvalue weighted by Crippen LogP contribution is -2.37. The highest BCUT2D eigenvalue weighted by molar-refractivity contribution is 5.89. The van der Waals surface area contributed by atoms with E-state index < -0.39 is 6.03 Å². The Balaban J connectivity index is 2.90. The van der Waals surface area contributed by atoms with Crippen molar-refractivity contribution in [3.05, 3.63) is 23.8 Å². The summed E-state index contributed by atoms with van der Waals surface area (Å²) in [7, 11) is 5.26. The van der Waals surface area contributed by atoms with Gasteiger partial charge in [-0.3, -0.25) is 5.43 Å². The number of nitrogens with one attached hydrogen (secondary N) is 3. The van der Waals surface area contributed by atoms with Gasteiger partial charge in [-0.2, -0.15) is 5.26 Å². The van der Waals surface area contributed by atoms with Crippen molar-refractivity contribution < 1.29 is 4.79 Å². The lowest BCUT2D eigenvalue weighted by molar-refractivity contribution is 0.249. The molecule has 3 N–H and O–H groups in total. The van der Waals surface area contributed by atoms with Gasteiger partial charge in [0.1, 0.15) is 6.07 Å². The maximum atomic E-state index is 11.3. The Kier molecular flexibility index (Phi) is 5.32. The van der Waals surface area contributed by atoms with Crippen molar-refractivity contribution in [2.75, 3.05) is 26.5 Å². The summed E-state index contributed by atoms with van der Waals surface area (Å²) >= 11 is 0. The summed E-state index contributed by atoms with van der Waals surface area (Å²) in [6.07, 6.45) is 1.61. The average molecular weight is 260 g/mol. The molecule has 0 aliphatic carbocycles. The van der Waals surface area contributed by atoms with E-state index in [1.54, 1.807) is 36.5 Å².